The molecule has 8 heteroatoms. The van der Waals surface area contributed by atoms with Crippen LogP contribution in [0.4, 0.5) is 9.18 Å². The number of amides is 2. The van der Waals surface area contributed by atoms with Crippen LogP contribution in [0.3, 0.4) is 0 Å². The lowest BCUT2D eigenvalue weighted by Gasteiger charge is -2.48. The fraction of sp³-hybridized carbons (Fsp3) is 0.483. The van der Waals surface area contributed by atoms with Gasteiger partial charge in [0.05, 0.1) is 24.8 Å². The number of nitrogens with one attached hydrogen (secondary N) is 2. The fourth-order valence-corrected chi connectivity index (χ4v) is 6.77. The molecule has 7 atom stereocenters. The van der Waals surface area contributed by atoms with Crippen molar-refractivity contribution in [3.05, 3.63) is 60.2 Å². The maximum atomic E-state index is 13.6. The number of aliphatic hydroxyl groups excluding tert-OH is 1. The molecule has 196 valence electrons. The molecule has 2 aliphatic carbocycles. The SMILES string of the molecule is CCOC(=O)N[C@@H]1CC[C@@H]2[C@@H](C1)C[C@H]1NC(=O)[C@H](CO)[C@H]1[C@H]2/C=C/c1ccc(-c2cccc(F)c2)cn1. The lowest BCUT2D eigenvalue weighted by molar-refractivity contribution is -0.124. The number of carbonyl (C=O) groups is 2. The molecule has 1 aliphatic heterocycles. The normalized spacial score (nSPS) is 30.9. The number of halogens is 1. The quantitative estimate of drug-likeness (QED) is 0.545. The van der Waals surface area contributed by atoms with Crippen LogP contribution >= 0.6 is 0 Å². The third kappa shape index (κ3) is 5.39. The number of pyridine rings is 1. The summed E-state index contributed by atoms with van der Waals surface area (Å²) < 4.78 is 18.7. The first kappa shape index (κ1) is 25.4. The maximum Gasteiger partial charge on any atom is 0.407 e. The van der Waals surface area contributed by atoms with Crippen LogP contribution < -0.4 is 10.6 Å². The van der Waals surface area contributed by atoms with Crippen molar-refractivity contribution in [2.75, 3.05) is 13.2 Å². The van der Waals surface area contributed by atoms with Gasteiger partial charge in [-0.25, -0.2) is 9.18 Å². The average molecular weight is 508 g/mol. The van der Waals surface area contributed by atoms with Gasteiger partial charge in [-0.1, -0.05) is 24.3 Å². The van der Waals surface area contributed by atoms with Gasteiger partial charge in [0.1, 0.15) is 5.82 Å². The zero-order valence-corrected chi connectivity index (χ0v) is 21.0. The Morgan fingerprint density at radius 3 is 2.84 bits per heavy atom. The minimum absolute atomic E-state index is 0.00482. The summed E-state index contributed by atoms with van der Waals surface area (Å²) in [6.07, 6.45) is 9.01. The minimum atomic E-state index is -0.417. The summed E-state index contributed by atoms with van der Waals surface area (Å²) in [6.45, 7) is 1.97. The molecule has 1 aromatic carbocycles. The van der Waals surface area contributed by atoms with Gasteiger partial charge < -0.3 is 20.5 Å². The number of fused-ring (bicyclic) bond motifs is 2. The highest BCUT2D eigenvalue weighted by Crippen LogP contribution is 2.51. The summed E-state index contributed by atoms with van der Waals surface area (Å²) in [7, 11) is 0. The molecule has 5 rings (SSSR count). The van der Waals surface area contributed by atoms with E-state index in [9.17, 15) is 19.1 Å². The van der Waals surface area contributed by atoms with Gasteiger partial charge >= 0.3 is 6.09 Å². The van der Waals surface area contributed by atoms with Crippen molar-refractivity contribution < 1.29 is 23.8 Å². The van der Waals surface area contributed by atoms with Crippen molar-refractivity contribution in [3.63, 3.8) is 0 Å². The molecule has 1 saturated heterocycles. The molecule has 2 heterocycles. The number of hydrogen-bond acceptors (Lipinski definition) is 5. The lowest BCUT2D eigenvalue weighted by Crippen LogP contribution is -2.50. The number of carbonyl (C=O) groups excluding carboxylic acids is 2. The number of ether oxygens (including phenoxy) is 1. The van der Waals surface area contributed by atoms with E-state index in [1.807, 2.05) is 24.3 Å². The third-order valence-corrected chi connectivity index (χ3v) is 8.36. The van der Waals surface area contributed by atoms with E-state index < -0.39 is 5.92 Å². The van der Waals surface area contributed by atoms with Gasteiger partial charge in [-0.05, 0) is 86.1 Å². The van der Waals surface area contributed by atoms with Crippen LogP contribution in [-0.2, 0) is 9.53 Å². The van der Waals surface area contributed by atoms with Crippen molar-refractivity contribution in [1.82, 2.24) is 15.6 Å². The molecule has 0 bridgehead atoms. The minimum Gasteiger partial charge on any atom is -0.450 e. The van der Waals surface area contributed by atoms with E-state index in [0.717, 1.165) is 42.5 Å². The van der Waals surface area contributed by atoms with Crippen LogP contribution in [0, 0.1) is 35.4 Å². The predicted octanol–water partition coefficient (Wildman–Crippen LogP) is 4.17. The number of benzene rings is 1. The Hall–Kier alpha value is -3.26. The molecule has 0 radical (unpaired) electrons. The Kier molecular flexibility index (Phi) is 7.55. The van der Waals surface area contributed by atoms with Crippen LogP contribution in [0.15, 0.2) is 48.7 Å². The molecule has 1 aromatic heterocycles. The molecule has 37 heavy (non-hydrogen) atoms. The summed E-state index contributed by atoms with van der Waals surface area (Å²) in [5.41, 5.74) is 2.40. The summed E-state index contributed by atoms with van der Waals surface area (Å²) in [5, 5.41) is 16.2. The van der Waals surface area contributed by atoms with Crippen LogP contribution in [-0.4, -0.2) is 47.4 Å². The van der Waals surface area contributed by atoms with Crippen molar-refractivity contribution >= 4 is 18.1 Å². The topological polar surface area (TPSA) is 101 Å². The van der Waals surface area contributed by atoms with Gasteiger partial charge in [-0.15, -0.1) is 0 Å². The summed E-state index contributed by atoms with van der Waals surface area (Å²) in [5.74, 6) is 0.0498. The van der Waals surface area contributed by atoms with E-state index in [1.54, 1.807) is 19.2 Å². The first-order valence-electron chi connectivity index (χ1n) is 13.2. The predicted molar refractivity (Wildman–Crippen MR) is 138 cm³/mol. The third-order valence-electron chi connectivity index (χ3n) is 8.36. The monoisotopic (exact) mass is 507 g/mol. The molecule has 0 unspecified atom stereocenters. The Labute approximate surface area is 216 Å². The second kappa shape index (κ2) is 11.0. The molecule has 0 spiro atoms. The fourth-order valence-electron chi connectivity index (χ4n) is 6.77. The van der Waals surface area contributed by atoms with Crippen LogP contribution in [0.25, 0.3) is 17.2 Å². The van der Waals surface area contributed by atoms with Crippen LogP contribution in [0.1, 0.15) is 38.3 Å². The van der Waals surface area contributed by atoms with Crippen molar-refractivity contribution in [3.8, 4) is 11.1 Å². The number of hydrogen-bond donors (Lipinski definition) is 3. The Morgan fingerprint density at radius 2 is 2.11 bits per heavy atom. The Morgan fingerprint density at radius 1 is 1.24 bits per heavy atom. The van der Waals surface area contributed by atoms with Gasteiger partial charge in [0, 0.05) is 23.8 Å². The molecule has 2 aromatic rings. The average Bonchev–Trinajstić information content (AvgIpc) is 3.21. The molecule has 2 saturated carbocycles. The highest BCUT2D eigenvalue weighted by atomic mass is 19.1. The molecule has 3 N–H and O–H groups in total. The Balaban J connectivity index is 1.35. The van der Waals surface area contributed by atoms with Crippen molar-refractivity contribution in [2.24, 2.45) is 29.6 Å². The van der Waals surface area contributed by atoms with Gasteiger partial charge in [-0.3, -0.25) is 9.78 Å². The van der Waals surface area contributed by atoms with Crippen molar-refractivity contribution in [2.45, 2.75) is 44.7 Å². The van der Waals surface area contributed by atoms with E-state index in [4.69, 9.17) is 4.74 Å². The zero-order valence-electron chi connectivity index (χ0n) is 21.0. The van der Waals surface area contributed by atoms with Gasteiger partial charge in [0.2, 0.25) is 5.91 Å². The van der Waals surface area contributed by atoms with E-state index in [1.165, 1.54) is 12.1 Å². The number of allylic oxidation sites excluding steroid dienone is 1. The molecule has 3 fully saturated rings. The summed E-state index contributed by atoms with van der Waals surface area (Å²) >= 11 is 0. The van der Waals surface area contributed by atoms with Gasteiger partial charge in [-0.2, -0.15) is 0 Å². The second-order valence-electron chi connectivity index (χ2n) is 10.4. The lowest BCUT2D eigenvalue weighted by atomic mass is 9.57. The van der Waals surface area contributed by atoms with Crippen LogP contribution in [0.5, 0.6) is 0 Å². The van der Waals surface area contributed by atoms with Crippen LogP contribution in [0.2, 0.25) is 0 Å². The van der Waals surface area contributed by atoms with Gasteiger partial charge in [0.15, 0.2) is 0 Å². The van der Waals surface area contributed by atoms with Gasteiger partial charge in [0.25, 0.3) is 0 Å². The number of aliphatic hydroxyl groups is 1. The molecule has 3 aliphatic rings. The zero-order chi connectivity index (χ0) is 25.9. The molecule has 2 amide bonds. The summed E-state index contributed by atoms with van der Waals surface area (Å²) in [4.78, 5) is 29.2. The number of aromatic nitrogens is 1. The van der Waals surface area contributed by atoms with Crippen molar-refractivity contribution in [1.29, 1.82) is 0 Å². The number of alkyl carbamates (subject to hydrolysis) is 1. The second-order valence-corrected chi connectivity index (χ2v) is 10.4. The number of nitrogens with zero attached hydrogens (tertiary/aromatic N) is 1. The standard InChI is InChI=1S/C29H34FN3O4/c1-2-37-29(36)32-22-9-10-23-19(13-22)14-26-27(25(16-34)28(35)33-26)24(23)11-8-21-7-6-18(15-31-21)17-4-3-5-20(30)12-17/h3-8,11-12,15,19,22-27,34H,2,9-10,13-14,16H2,1H3,(H,32,36)(H,33,35)/b11-8+/t19-,22+,23+,24-,25+,26+,27+/m0/s1. The molecular weight excluding hydrogens is 473 g/mol. The van der Waals surface area contributed by atoms with E-state index in [0.29, 0.717) is 18.4 Å². The molecular formula is C29H34FN3O4. The maximum absolute atomic E-state index is 13.6. The van der Waals surface area contributed by atoms with E-state index in [2.05, 4.69) is 21.7 Å². The van der Waals surface area contributed by atoms with E-state index >= 15 is 0 Å². The molecule has 7 nitrogen and oxygen atoms in total. The summed E-state index contributed by atoms with van der Waals surface area (Å²) in [6, 6.07) is 10.3. The highest BCUT2D eigenvalue weighted by molar-refractivity contribution is 5.82. The Bertz CT molecular complexity index is 1150. The first-order valence-corrected chi connectivity index (χ1v) is 13.2. The smallest absolute Gasteiger partial charge is 0.407 e. The van der Waals surface area contributed by atoms with E-state index in [-0.39, 0.29) is 48.3 Å². The number of rotatable bonds is 6. The largest absolute Gasteiger partial charge is 0.450 e. The highest BCUT2D eigenvalue weighted by Gasteiger charge is 2.53. The first-order chi connectivity index (χ1) is 18.0.